The van der Waals surface area contributed by atoms with Crippen molar-refractivity contribution in [2.45, 2.75) is 117 Å². The van der Waals surface area contributed by atoms with E-state index in [4.69, 9.17) is 0 Å². The van der Waals surface area contributed by atoms with Crippen LogP contribution in [0.5, 0.6) is 0 Å². The molecule has 9 atom stereocenters. The van der Waals surface area contributed by atoms with Gasteiger partial charge in [0.1, 0.15) is 11.7 Å². The maximum absolute atomic E-state index is 11.6. The summed E-state index contributed by atoms with van der Waals surface area (Å²) in [5, 5.41) is 32.9. The van der Waals surface area contributed by atoms with Crippen molar-refractivity contribution < 1.29 is 15.3 Å². The molecule has 172 valence electrons. The van der Waals surface area contributed by atoms with Gasteiger partial charge in [0.25, 0.3) is 0 Å². The van der Waals surface area contributed by atoms with E-state index in [0.717, 1.165) is 37.0 Å². The zero-order chi connectivity index (χ0) is 21.9. The second-order valence-corrected chi connectivity index (χ2v) is 12.5. The quantitative estimate of drug-likeness (QED) is 0.519. The molecule has 4 aliphatic rings. The lowest BCUT2D eigenvalue weighted by Crippen LogP contribution is -2.65. The fourth-order valence-corrected chi connectivity index (χ4v) is 8.57. The number of aliphatic hydroxyl groups excluding tert-OH is 2. The summed E-state index contributed by atoms with van der Waals surface area (Å²) < 4.78 is 0. The van der Waals surface area contributed by atoms with Crippen LogP contribution < -0.4 is 0 Å². The van der Waals surface area contributed by atoms with Crippen molar-refractivity contribution in [1.82, 2.24) is 0 Å². The number of allylic oxidation sites excluding steroid dienone is 1. The van der Waals surface area contributed by atoms with Gasteiger partial charge in [-0.2, -0.15) is 0 Å². The Hall–Kier alpha value is -0.380. The molecule has 3 fully saturated rings. The maximum atomic E-state index is 11.6. The summed E-state index contributed by atoms with van der Waals surface area (Å²) in [6.07, 6.45) is 11.5. The molecule has 0 aromatic carbocycles. The first-order chi connectivity index (χ1) is 14.0. The molecule has 0 saturated heterocycles. The highest BCUT2D eigenvalue weighted by Gasteiger charge is 2.64. The third-order valence-corrected chi connectivity index (χ3v) is 10.5. The average molecular weight is 419 g/mol. The SMILES string of the molecule is CC(C)CCC[C@@H](C)[C@H]1CC[C@@H]2C3=C[C@H](O)[C@@]4(O)C[C@@H](O)CC[C@]4(C)[C@H]3CC[C@@]21C. The fraction of sp³-hybridized carbons (Fsp3) is 0.926. The summed E-state index contributed by atoms with van der Waals surface area (Å²) in [7, 11) is 0. The van der Waals surface area contributed by atoms with Crippen molar-refractivity contribution in [3.05, 3.63) is 11.6 Å². The van der Waals surface area contributed by atoms with Gasteiger partial charge in [-0.3, -0.25) is 0 Å². The summed E-state index contributed by atoms with van der Waals surface area (Å²) in [4.78, 5) is 0. The molecular weight excluding hydrogens is 372 g/mol. The first kappa shape index (κ1) is 22.8. The molecule has 0 aliphatic heterocycles. The lowest BCUT2D eigenvalue weighted by molar-refractivity contribution is -0.210. The van der Waals surface area contributed by atoms with Gasteiger partial charge in [-0.25, -0.2) is 0 Å². The first-order valence-corrected chi connectivity index (χ1v) is 12.8. The van der Waals surface area contributed by atoms with Gasteiger partial charge < -0.3 is 15.3 Å². The van der Waals surface area contributed by atoms with Crippen molar-refractivity contribution in [1.29, 1.82) is 0 Å². The van der Waals surface area contributed by atoms with Crippen LogP contribution in [0.15, 0.2) is 11.6 Å². The van der Waals surface area contributed by atoms with Crippen molar-refractivity contribution in [2.24, 2.45) is 40.4 Å². The summed E-state index contributed by atoms with van der Waals surface area (Å²) in [6.45, 7) is 11.9. The Balaban J connectivity index is 1.58. The molecule has 0 heterocycles. The molecule has 3 nitrogen and oxygen atoms in total. The summed E-state index contributed by atoms with van der Waals surface area (Å²) in [6, 6.07) is 0. The zero-order valence-corrected chi connectivity index (χ0v) is 20.0. The molecule has 0 unspecified atom stereocenters. The minimum Gasteiger partial charge on any atom is -0.393 e. The van der Waals surface area contributed by atoms with Gasteiger partial charge in [0.2, 0.25) is 0 Å². The predicted molar refractivity (Wildman–Crippen MR) is 122 cm³/mol. The van der Waals surface area contributed by atoms with Crippen LogP contribution >= 0.6 is 0 Å². The average Bonchev–Trinajstić information content (AvgIpc) is 3.01. The van der Waals surface area contributed by atoms with Crippen molar-refractivity contribution >= 4 is 0 Å². The van der Waals surface area contributed by atoms with Crippen LogP contribution in [0.3, 0.4) is 0 Å². The molecule has 30 heavy (non-hydrogen) atoms. The van der Waals surface area contributed by atoms with Crippen LogP contribution in [-0.2, 0) is 0 Å². The van der Waals surface area contributed by atoms with E-state index in [2.05, 4.69) is 34.6 Å². The maximum Gasteiger partial charge on any atom is 0.102 e. The van der Waals surface area contributed by atoms with Gasteiger partial charge in [-0.05, 0) is 73.5 Å². The van der Waals surface area contributed by atoms with E-state index in [1.54, 1.807) is 0 Å². The van der Waals surface area contributed by atoms with Gasteiger partial charge >= 0.3 is 0 Å². The Kier molecular flexibility index (Phi) is 5.99. The lowest BCUT2D eigenvalue weighted by atomic mass is 9.45. The number of fused-ring (bicyclic) bond motifs is 5. The van der Waals surface area contributed by atoms with E-state index in [1.807, 2.05) is 6.08 Å². The highest BCUT2D eigenvalue weighted by molar-refractivity contribution is 5.33. The van der Waals surface area contributed by atoms with E-state index in [9.17, 15) is 15.3 Å². The first-order valence-electron chi connectivity index (χ1n) is 12.8. The largest absolute Gasteiger partial charge is 0.393 e. The van der Waals surface area contributed by atoms with Gasteiger partial charge in [0, 0.05) is 11.8 Å². The topological polar surface area (TPSA) is 60.7 Å². The number of aliphatic hydroxyl groups is 3. The Morgan fingerprint density at radius 2 is 1.70 bits per heavy atom. The fourth-order valence-electron chi connectivity index (χ4n) is 8.57. The molecule has 0 aromatic rings. The third kappa shape index (κ3) is 3.33. The van der Waals surface area contributed by atoms with E-state index in [0.29, 0.717) is 23.7 Å². The Morgan fingerprint density at radius 3 is 2.40 bits per heavy atom. The summed E-state index contributed by atoms with van der Waals surface area (Å²) in [5.74, 6) is 3.24. The monoisotopic (exact) mass is 418 g/mol. The van der Waals surface area contributed by atoms with Crippen LogP contribution in [-0.4, -0.2) is 33.1 Å². The Labute approximate surface area is 184 Å². The molecule has 4 rings (SSSR count). The third-order valence-electron chi connectivity index (χ3n) is 10.5. The van der Waals surface area contributed by atoms with Crippen LogP contribution in [0, 0.1) is 40.4 Å². The van der Waals surface area contributed by atoms with Gasteiger partial charge in [-0.15, -0.1) is 0 Å². The molecular formula is C27H46O3. The van der Waals surface area contributed by atoms with Crippen LogP contribution in [0.2, 0.25) is 0 Å². The number of rotatable bonds is 5. The molecule has 3 saturated carbocycles. The highest BCUT2D eigenvalue weighted by Crippen LogP contribution is 2.67. The normalized spacial score (nSPS) is 49.2. The number of hydrogen-bond donors (Lipinski definition) is 3. The lowest BCUT2D eigenvalue weighted by Gasteiger charge is -2.62. The molecule has 0 bridgehead atoms. The van der Waals surface area contributed by atoms with E-state index in [1.165, 1.54) is 44.1 Å². The molecule has 0 radical (unpaired) electrons. The molecule has 0 aromatic heterocycles. The minimum absolute atomic E-state index is 0.308. The van der Waals surface area contributed by atoms with Crippen LogP contribution in [0.4, 0.5) is 0 Å². The minimum atomic E-state index is -1.19. The molecule has 0 spiro atoms. The second-order valence-electron chi connectivity index (χ2n) is 12.5. The smallest absolute Gasteiger partial charge is 0.102 e. The van der Waals surface area contributed by atoms with E-state index < -0.39 is 17.8 Å². The van der Waals surface area contributed by atoms with E-state index >= 15 is 0 Å². The van der Waals surface area contributed by atoms with Crippen LogP contribution in [0.25, 0.3) is 0 Å². The van der Waals surface area contributed by atoms with Crippen molar-refractivity contribution in [3.63, 3.8) is 0 Å². The highest BCUT2D eigenvalue weighted by atomic mass is 16.3. The van der Waals surface area contributed by atoms with Crippen molar-refractivity contribution in [2.75, 3.05) is 0 Å². The second kappa shape index (κ2) is 7.89. The molecule has 3 heteroatoms. The Bertz CT molecular complexity index is 671. The molecule has 0 amide bonds. The molecule has 3 N–H and O–H groups in total. The van der Waals surface area contributed by atoms with Crippen LogP contribution in [0.1, 0.15) is 98.8 Å². The zero-order valence-electron chi connectivity index (χ0n) is 20.0. The summed E-state index contributed by atoms with van der Waals surface area (Å²) >= 11 is 0. The van der Waals surface area contributed by atoms with E-state index in [-0.39, 0.29) is 5.41 Å². The standard InChI is InChI=1S/C27H46O3/c1-17(2)7-6-8-18(3)21-9-10-22-20-15-24(29)27(30)16-19(28)11-14-26(27,5)23(20)12-13-25(21,22)4/h15,17-19,21-24,28-30H,6-14,16H2,1-5H3/t18-,19+,21-,22-,23+,24+,25-,26-,27+/m1/s1. The number of hydrogen-bond acceptors (Lipinski definition) is 3. The Morgan fingerprint density at radius 1 is 0.967 bits per heavy atom. The van der Waals surface area contributed by atoms with Gasteiger partial charge in [-0.1, -0.05) is 65.5 Å². The van der Waals surface area contributed by atoms with Gasteiger partial charge in [0.15, 0.2) is 0 Å². The summed E-state index contributed by atoms with van der Waals surface area (Å²) in [5.41, 5.74) is 0.281. The van der Waals surface area contributed by atoms with Crippen molar-refractivity contribution in [3.8, 4) is 0 Å². The predicted octanol–water partition coefficient (Wildman–Crippen LogP) is 5.47. The molecule has 4 aliphatic carbocycles. The van der Waals surface area contributed by atoms with Gasteiger partial charge in [0.05, 0.1) is 6.10 Å².